The average Bonchev–Trinajstić information content (AvgIpc) is 3.38. The van der Waals surface area contributed by atoms with Crippen LogP contribution in [-0.4, -0.2) is 24.8 Å². The van der Waals surface area contributed by atoms with Crippen LogP contribution in [0, 0.1) is 23.7 Å². The Hall–Kier alpha value is -3.41. The van der Waals surface area contributed by atoms with E-state index in [9.17, 15) is 14.4 Å². The van der Waals surface area contributed by atoms with Gasteiger partial charge in [0.25, 0.3) is 5.91 Å². The third-order valence-electron chi connectivity index (χ3n) is 6.57. The Bertz CT molecular complexity index is 1110. The Morgan fingerprint density at radius 2 is 1.83 bits per heavy atom. The monoisotopic (exact) mass is 402 g/mol. The number of benzene rings is 2. The summed E-state index contributed by atoms with van der Waals surface area (Å²) in [7, 11) is 1.56. The smallest absolute Gasteiger partial charge is 0.255 e. The predicted octanol–water partition coefficient (Wildman–Crippen LogP) is 3.65. The third kappa shape index (κ3) is 2.75. The maximum Gasteiger partial charge on any atom is 0.255 e. The van der Waals surface area contributed by atoms with Crippen LogP contribution in [0.15, 0.2) is 60.2 Å². The first-order chi connectivity index (χ1) is 14.5. The van der Waals surface area contributed by atoms with Crippen LogP contribution >= 0.6 is 0 Å². The molecule has 2 bridgehead atoms. The molecule has 5 rings (SSSR count). The van der Waals surface area contributed by atoms with E-state index in [0.29, 0.717) is 22.7 Å². The molecule has 1 heterocycles. The molecule has 0 spiro atoms. The number of carbonyl (C=O) groups excluding carboxylic acids is 3. The standard InChI is InChI=1S/C24H22N2O4/c1-13-9-15-11-19(13)21-20(15)23(28)26(24(21)29)17-7-3-5-14(10-17)22(27)25-16-6-4-8-18(12-16)30-2/h3-10,12,15,19-21H,11H2,1-2H3,(H,25,27)/t15-,19+,20-,21-/m1/s1. The van der Waals surface area contributed by atoms with Crippen molar-refractivity contribution in [3.05, 3.63) is 65.7 Å². The van der Waals surface area contributed by atoms with Crippen LogP contribution in [0.1, 0.15) is 23.7 Å². The van der Waals surface area contributed by atoms with Crippen LogP contribution in [0.3, 0.4) is 0 Å². The molecule has 3 amide bonds. The molecule has 3 aliphatic rings. The normalized spacial score (nSPS) is 26.6. The van der Waals surface area contributed by atoms with Crippen LogP contribution in [0.5, 0.6) is 5.75 Å². The number of nitrogens with zero attached hydrogens (tertiary/aromatic N) is 1. The van der Waals surface area contributed by atoms with Gasteiger partial charge in [0.1, 0.15) is 5.75 Å². The number of ether oxygens (including phenoxy) is 1. The number of methoxy groups -OCH3 is 1. The highest BCUT2D eigenvalue weighted by Gasteiger charge is 2.60. The van der Waals surface area contributed by atoms with Gasteiger partial charge in [0.15, 0.2) is 0 Å². The number of hydrogen-bond acceptors (Lipinski definition) is 4. The maximum atomic E-state index is 13.1. The molecule has 6 heteroatoms. The highest BCUT2D eigenvalue weighted by molar-refractivity contribution is 6.23. The molecule has 0 aromatic heterocycles. The van der Waals surface area contributed by atoms with E-state index in [2.05, 4.69) is 11.4 Å². The first-order valence-electron chi connectivity index (χ1n) is 10.1. The number of hydrogen-bond donors (Lipinski definition) is 1. The molecule has 2 aliphatic carbocycles. The van der Waals surface area contributed by atoms with Crippen LogP contribution in [-0.2, 0) is 9.59 Å². The van der Waals surface area contributed by atoms with Crippen LogP contribution in [0.2, 0.25) is 0 Å². The minimum atomic E-state index is -0.318. The quantitative estimate of drug-likeness (QED) is 0.626. The number of anilines is 2. The molecule has 1 saturated heterocycles. The summed E-state index contributed by atoms with van der Waals surface area (Å²) in [5, 5.41) is 2.83. The van der Waals surface area contributed by atoms with E-state index >= 15 is 0 Å². The van der Waals surface area contributed by atoms with Gasteiger partial charge in [0.2, 0.25) is 11.8 Å². The lowest BCUT2D eigenvalue weighted by Crippen LogP contribution is -2.33. The molecule has 1 aliphatic heterocycles. The maximum absolute atomic E-state index is 13.1. The minimum Gasteiger partial charge on any atom is -0.497 e. The molecular formula is C24H22N2O4. The third-order valence-corrected chi connectivity index (χ3v) is 6.57. The molecule has 6 nitrogen and oxygen atoms in total. The van der Waals surface area contributed by atoms with E-state index < -0.39 is 0 Å². The van der Waals surface area contributed by atoms with Crippen molar-refractivity contribution in [3.8, 4) is 5.75 Å². The lowest BCUT2D eigenvalue weighted by Gasteiger charge is -2.19. The fourth-order valence-electron chi connectivity index (χ4n) is 5.22. The lowest BCUT2D eigenvalue weighted by atomic mass is 9.82. The van der Waals surface area contributed by atoms with Crippen molar-refractivity contribution in [3.63, 3.8) is 0 Å². The summed E-state index contributed by atoms with van der Waals surface area (Å²) in [4.78, 5) is 40.3. The first-order valence-corrected chi connectivity index (χ1v) is 10.1. The molecule has 1 N–H and O–H groups in total. The Morgan fingerprint density at radius 1 is 1.07 bits per heavy atom. The van der Waals surface area contributed by atoms with Gasteiger partial charge >= 0.3 is 0 Å². The van der Waals surface area contributed by atoms with Gasteiger partial charge in [-0.2, -0.15) is 0 Å². The zero-order valence-corrected chi connectivity index (χ0v) is 16.8. The van der Waals surface area contributed by atoms with Gasteiger partial charge in [-0.25, -0.2) is 4.90 Å². The number of carbonyl (C=O) groups is 3. The van der Waals surface area contributed by atoms with Crippen molar-refractivity contribution in [2.45, 2.75) is 13.3 Å². The van der Waals surface area contributed by atoms with Gasteiger partial charge in [0.05, 0.1) is 24.6 Å². The van der Waals surface area contributed by atoms with Gasteiger partial charge in [-0.05, 0) is 55.5 Å². The molecule has 30 heavy (non-hydrogen) atoms. The highest BCUT2D eigenvalue weighted by atomic mass is 16.5. The summed E-state index contributed by atoms with van der Waals surface area (Å²) >= 11 is 0. The number of nitrogens with one attached hydrogen (secondary N) is 1. The van der Waals surface area contributed by atoms with Crippen molar-refractivity contribution >= 4 is 29.1 Å². The summed E-state index contributed by atoms with van der Waals surface area (Å²) in [5.74, 6) is -0.173. The van der Waals surface area contributed by atoms with Crippen LogP contribution in [0.4, 0.5) is 11.4 Å². The molecule has 2 aromatic rings. The van der Waals surface area contributed by atoms with E-state index in [1.54, 1.807) is 55.6 Å². The summed E-state index contributed by atoms with van der Waals surface area (Å²) < 4.78 is 5.18. The highest BCUT2D eigenvalue weighted by Crippen LogP contribution is 2.55. The summed E-state index contributed by atoms with van der Waals surface area (Å²) in [6.07, 6.45) is 3.05. The molecule has 2 aromatic carbocycles. The summed E-state index contributed by atoms with van der Waals surface area (Å²) in [6.45, 7) is 2.05. The van der Waals surface area contributed by atoms with E-state index in [-0.39, 0.29) is 41.4 Å². The van der Waals surface area contributed by atoms with Crippen molar-refractivity contribution in [2.24, 2.45) is 23.7 Å². The minimum absolute atomic E-state index is 0.143. The lowest BCUT2D eigenvalue weighted by molar-refractivity contribution is -0.123. The van der Waals surface area contributed by atoms with E-state index in [1.807, 2.05) is 6.92 Å². The number of imide groups is 1. The van der Waals surface area contributed by atoms with Crippen LogP contribution in [0.25, 0.3) is 0 Å². The zero-order valence-electron chi connectivity index (χ0n) is 16.8. The molecule has 0 radical (unpaired) electrons. The van der Waals surface area contributed by atoms with Crippen molar-refractivity contribution in [1.82, 2.24) is 0 Å². The Balaban J connectivity index is 1.40. The van der Waals surface area contributed by atoms with Crippen molar-refractivity contribution in [2.75, 3.05) is 17.3 Å². The molecule has 0 unspecified atom stereocenters. The predicted molar refractivity (Wildman–Crippen MR) is 112 cm³/mol. The molecule has 152 valence electrons. The Morgan fingerprint density at radius 3 is 2.63 bits per heavy atom. The second-order valence-electron chi connectivity index (χ2n) is 8.22. The number of fused-ring (bicyclic) bond motifs is 5. The Labute approximate surface area is 174 Å². The average molecular weight is 402 g/mol. The SMILES string of the molecule is COc1cccc(NC(=O)c2cccc(N3C(=O)[C@H]4[C@H](C3=O)[C@H]3C[C@H]4C=C3C)c2)c1. The van der Waals surface area contributed by atoms with Gasteiger partial charge in [0, 0.05) is 17.3 Å². The first kappa shape index (κ1) is 18.6. The van der Waals surface area contributed by atoms with E-state index in [0.717, 1.165) is 6.42 Å². The number of rotatable bonds is 4. The molecule has 2 fully saturated rings. The molecular weight excluding hydrogens is 380 g/mol. The van der Waals surface area contributed by atoms with E-state index in [4.69, 9.17) is 4.74 Å². The molecule has 4 atom stereocenters. The fourth-order valence-corrected chi connectivity index (χ4v) is 5.22. The second-order valence-corrected chi connectivity index (χ2v) is 8.22. The summed E-state index contributed by atoms with van der Waals surface area (Å²) in [6, 6.07) is 13.8. The van der Waals surface area contributed by atoms with Crippen LogP contribution < -0.4 is 15.0 Å². The van der Waals surface area contributed by atoms with Crippen molar-refractivity contribution < 1.29 is 19.1 Å². The molecule has 1 saturated carbocycles. The van der Waals surface area contributed by atoms with Gasteiger partial charge in [-0.1, -0.05) is 23.8 Å². The van der Waals surface area contributed by atoms with Crippen molar-refractivity contribution in [1.29, 1.82) is 0 Å². The van der Waals surface area contributed by atoms with Gasteiger partial charge in [-0.15, -0.1) is 0 Å². The number of allylic oxidation sites excluding steroid dienone is 2. The van der Waals surface area contributed by atoms with Gasteiger partial charge in [-0.3, -0.25) is 14.4 Å². The fraction of sp³-hybridized carbons (Fsp3) is 0.292. The summed E-state index contributed by atoms with van der Waals surface area (Å²) in [5.41, 5.74) is 2.65. The topological polar surface area (TPSA) is 75.7 Å². The van der Waals surface area contributed by atoms with E-state index in [1.165, 1.54) is 10.5 Å². The zero-order chi connectivity index (χ0) is 21.0. The second kappa shape index (κ2) is 6.83. The van der Waals surface area contributed by atoms with Gasteiger partial charge < -0.3 is 10.1 Å². The largest absolute Gasteiger partial charge is 0.497 e. The number of amides is 3. The Kier molecular flexibility index (Phi) is 4.24.